The number of pyridine rings is 1. The van der Waals surface area contributed by atoms with Gasteiger partial charge in [-0.2, -0.15) is 0 Å². The minimum atomic E-state index is -4.44. The van der Waals surface area contributed by atoms with Gasteiger partial charge >= 0.3 is 0 Å². The van der Waals surface area contributed by atoms with E-state index in [1.165, 1.54) is 23.0 Å². The van der Waals surface area contributed by atoms with E-state index in [4.69, 9.17) is 0 Å². The number of hydrogen-bond acceptors (Lipinski definition) is 5. The van der Waals surface area contributed by atoms with E-state index in [2.05, 4.69) is 0 Å². The van der Waals surface area contributed by atoms with Gasteiger partial charge in [-0.05, 0) is 34.9 Å². The van der Waals surface area contributed by atoms with Crippen molar-refractivity contribution in [3.8, 4) is 16.9 Å². The second kappa shape index (κ2) is 9.32. The first kappa shape index (κ1) is 22.9. The smallest absolute Gasteiger partial charge is 0.270 e. The number of amides is 1. The average molecular weight is 479 g/mol. The summed E-state index contributed by atoms with van der Waals surface area (Å²) >= 11 is 0. The Morgan fingerprint density at radius 3 is 2.38 bits per heavy atom. The number of nitrogens with zero attached hydrogens (tertiary/aromatic N) is 1. The quantitative estimate of drug-likeness (QED) is 0.441. The highest BCUT2D eigenvalue weighted by molar-refractivity contribution is 7.90. The molecule has 0 atom stereocenters. The minimum Gasteiger partial charge on any atom is -0.503 e. The molecule has 0 saturated carbocycles. The van der Waals surface area contributed by atoms with Gasteiger partial charge in [0, 0.05) is 12.7 Å². The lowest BCUT2D eigenvalue weighted by Crippen LogP contribution is -2.34. The second-order valence-corrected chi connectivity index (χ2v) is 9.16. The lowest BCUT2D eigenvalue weighted by Gasteiger charge is -2.14. The molecule has 1 heterocycles. The molecular formula is C25H19FN2O5S. The average Bonchev–Trinajstić information content (AvgIpc) is 2.82. The molecule has 0 aliphatic carbocycles. The van der Waals surface area contributed by atoms with Crippen LogP contribution in [0.5, 0.6) is 5.75 Å². The largest absolute Gasteiger partial charge is 0.503 e. The Morgan fingerprint density at radius 2 is 1.65 bits per heavy atom. The van der Waals surface area contributed by atoms with E-state index in [9.17, 15) is 27.5 Å². The predicted molar refractivity (Wildman–Crippen MR) is 124 cm³/mol. The maximum atomic E-state index is 13.4. The van der Waals surface area contributed by atoms with Crippen LogP contribution in [0.2, 0.25) is 0 Å². The molecule has 0 fully saturated rings. The Bertz CT molecular complexity index is 1530. The number of aromatic hydroxyl groups is 1. The van der Waals surface area contributed by atoms with Gasteiger partial charge in [0.2, 0.25) is 5.43 Å². The number of halogens is 1. The SMILES string of the molecule is O=C(NS(=O)(=O)c1cccc(F)c1)c1cn(Cc2ccccc2-c2ccccc2)cc(O)c1=O. The number of sulfonamides is 1. The molecule has 3 aromatic carbocycles. The van der Waals surface area contributed by atoms with Crippen molar-refractivity contribution in [1.29, 1.82) is 0 Å². The van der Waals surface area contributed by atoms with E-state index in [1.807, 2.05) is 54.6 Å². The zero-order valence-corrected chi connectivity index (χ0v) is 18.5. The topological polar surface area (TPSA) is 105 Å². The van der Waals surface area contributed by atoms with Crippen LogP contribution in [0.25, 0.3) is 11.1 Å². The summed E-state index contributed by atoms with van der Waals surface area (Å²) in [6.07, 6.45) is 2.34. The maximum Gasteiger partial charge on any atom is 0.270 e. The fourth-order valence-electron chi connectivity index (χ4n) is 3.49. The first-order valence-corrected chi connectivity index (χ1v) is 11.6. The summed E-state index contributed by atoms with van der Waals surface area (Å²) in [5.74, 6) is -2.75. The van der Waals surface area contributed by atoms with E-state index in [0.29, 0.717) is 0 Å². The molecule has 34 heavy (non-hydrogen) atoms. The number of benzene rings is 3. The Labute approximate surface area is 194 Å². The van der Waals surface area contributed by atoms with Crippen molar-refractivity contribution in [2.45, 2.75) is 11.4 Å². The third kappa shape index (κ3) is 4.89. The Kier molecular flexibility index (Phi) is 6.29. The monoisotopic (exact) mass is 478 g/mol. The van der Waals surface area contributed by atoms with E-state index < -0.39 is 43.4 Å². The third-order valence-electron chi connectivity index (χ3n) is 5.09. The molecule has 0 spiro atoms. The number of rotatable bonds is 6. The van der Waals surface area contributed by atoms with Crippen LogP contribution in [-0.4, -0.2) is 24.0 Å². The van der Waals surface area contributed by atoms with Crippen LogP contribution in [0.1, 0.15) is 15.9 Å². The van der Waals surface area contributed by atoms with Crippen molar-refractivity contribution in [1.82, 2.24) is 9.29 Å². The van der Waals surface area contributed by atoms with Gasteiger partial charge in [0.25, 0.3) is 15.9 Å². The summed E-state index contributed by atoms with van der Waals surface area (Å²) in [6.45, 7) is 0.190. The number of hydrogen-bond donors (Lipinski definition) is 2. The molecule has 0 saturated heterocycles. The Balaban J connectivity index is 1.67. The molecule has 1 aromatic heterocycles. The van der Waals surface area contributed by atoms with Crippen molar-refractivity contribution in [3.05, 3.63) is 118 Å². The fourth-order valence-corrected chi connectivity index (χ4v) is 4.49. The summed E-state index contributed by atoms with van der Waals surface area (Å²) < 4.78 is 41.5. The zero-order chi connectivity index (χ0) is 24.3. The summed E-state index contributed by atoms with van der Waals surface area (Å²) in [7, 11) is -4.44. The molecule has 172 valence electrons. The number of carbonyl (C=O) groups excluding carboxylic acids is 1. The molecule has 2 N–H and O–H groups in total. The van der Waals surface area contributed by atoms with Crippen LogP contribution in [-0.2, 0) is 16.6 Å². The standard InChI is InChI=1S/C25H19FN2O5S/c26-19-10-6-11-20(13-19)34(32,33)27-25(31)22-15-28(16-23(29)24(22)30)14-18-9-4-5-12-21(18)17-7-2-1-3-8-17/h1-13,15-16,29H,14H2,(H,27,31). The summed E-state index contributed by atoms with van der Waals surface area (Å²) in [5, 5.41) is 10.1. The van der Waals surface area contributed by atoms with Crippen LogP contribution in [0.15, 0.2) is 101 Å². The van der Waals surface area contributed by atoms with Gasteiger partial charge in [-0.1, -0.05) is 60.7 Å². The van der Waals surface area contributed by atoms with Gasteiger partial charge in [-0.25, -0.2) is 17.5 Å². The van der Waals surface area contributed by atoms with Crippen molar-refractivity contribution in [2.24, 2.45) is 0 Å². The number of aromatic nitrogens is 1. The van der Waals surface area contributed by atoms with Gasteiger partial charge in [-0.3, -0.25) is 9.59 Å². The zero-order valence-electron chi connectivity index (χ0n) is 17.7. The maximum absolute atomic E-state index is 13.4. The van der Waals surface area contributed by atoms with E-state index in [1.54, 1.807) is 4.72 Å². The summed E-state index contributed by atoms with van der Waals surface area (Å²) in [4.78, 5) is 24.6. The highest BCUT2D eigenvalue weighted by atomic mass is 32.2. The Morgan fingerprint density at radius 1 is 0.941 bits per heavy atom. The third-order valence-corrected chi connectivity index (χ3v) is 6.42. The molecule has 4 rings (SSSR count). The van der Waals surface area contributed by atoms with Crippen molar-refractivity contribution in [2.75, 3.05) is 0 Å². The summed E-state index contributed by atoms with van der Waals surface area (Å²) in [5.41, 5.74) is 1.12. The van der Waals surface area contributed by atoms with E-state index in [-0.39, 0.29) is 6.54 Å². The van der Waals surface area contributed by atoms with Crippen LogP contribution >= 0.6 is 0 Å². The van der Waals surface area contributed by atoms with Gasteiger partial charge in [-0.15, -0.1) is 0 Å². The first-order chi connectivity index (χ1) is 16.2. The molecule has 0 bridgehead atoms. The van der Waals surface area contributed by atoms with Crippen LogP contribution in [0, 0.1) is 5.82 Å². The van der Waals surface area contributed by atoms with E-state index in [0.717, 1.165) is 34.9 Å². The number of carbonyl (C=O) groups is 1. The van der Waals surface area contributed by atoms with Crippen molar-refractivity contribution < 1.29 is 22.7 Å². The lowest BCUT2D eigenvalue weighted by atomic mass is 9.99. The van der Waals surface area contributed by atoms with E-state index >= 15 is 0 Å². The molecule has 9 heteroatoms. The van der Waals surface area contributed by atoms with Gasteiger partial charge < -0.3 is 9.67 Å². The van der Waals surface area contributed by atoms with Gasteiger partial charge in [0.15, 0.2) is 5.75 Å². The molecular weight excluding hydrogens is 459 g/mol. The summed E-state index contributed by atoms with van der Waals surface area (Å²) in [6, 6.07) is 21.2. The molecule has 0 aliphatic rings. The molecule has 1 amide bonds. The Hall–Kier alpha value is -4.24. The van der Waals surface area contributed by atoms with Crippen LogP contribution in [0.3, 0.4) is 0 Å². The first-order valence-electron chi connectivity index (χ1n) is 10.1. The lowest BCUT2D eigenvalue weighted by molar-refractivity contribution is 0.0979. The normalized spacial score (nSPS) is 11.2. The molecule has 0 aliphatic heterocycles. The molecule has 0 radical (unpaired) electrons. The van der Waals surface area contributed by atoms with Crippen molar-refractivity contribution in [3.63, 3.8) is 0 Å². The molecule has 4 aromatic rings. The highest BCUT2D eigenvalue weighted by Gasteiger charge is 2.22. The van der Waals surface area contributed by atoms with Crippen molar-refractivity contribution >= 4 is 15.9 Å². The fraction of sp³-hybridized carbons (Fsp3) is 0.0400. The predicted octanol–water partition coefficient (Wildman–Crippen LogP) is 3.53. The molecule has 7 nitrogen and oxygen atoms in total. The van der Waals surface area contributed by atoms with Gasteiger partial charge in [0.1, 0.15) is 11.4 Å². The molecule has 0 unspecified atom stereocenters. The second-order valence-electron chi connectivity index (χ2n) is 7.47. The van der Waals surface area contributed by atoms with Gasteiger partial charge in [0.05, 0.1) is 11.1 Å². The van der Waals surface area contributed by atoms with Crippen LogP contribution in [0.4, 0.5) is 4.39 Å². The van der Waals surface area contributed by atoms with Crippen LogP contribution < -0.4 is 10.2 Å². The minimum absolute atomic E-state index is 0.190. The number of nitrogens with one attached hydrogen (secondary N) is 1. The highest BCUT2D eigenvalue weighted by Crippen LogP contribution is 2.24.